The predicted molar refractivity (Wildman–Crippen MR) is 78.8 cm³/mol. The first-order valence-electron chi connectivity index (χ1n) is 6.44. The smallest absolute Gasteiger partial charge is 0.141 e. The lowest BCUT2D eigenvalue weighted by Gasteiger charge is -2.25. The molecule has 3 nitrogen and oxygen atoms in total. The van der Waals surface area contributed by atoms with E-state index in [1.54, 1.807) is 6.07 Å². The maximum absolute atomic E-state index is 6.28. The van der Waals surface area contributed by atoms with E-state index in [1.807, 2.05) is 24.5 Å². The number of benzene rings is 1. The Hall–Kier alpha value is -1.03. The average Bonchev–Trinajstić information content (AvgIpc) is 2.89. The molecule has 0 bridgehead atoms. The Morgan fingerprint density at radius 3 is 2.74 bits per heavy atom. The van der Waals surface area contributed by atoms with Crippen LogP contribution in [0.25, 0.3) is 11.4 Å². The lowest BCUT2D eigenvalue weighted by Crippen LogP contribution is -2.29. The highest BCUT2D eigenvalue weighted by atomic mass is 35.5. The number of nitrogens with zero attached hydrogens (tertiary/aromatic N) is 2. The summed E-state index contributed by atoms with van der Waals surface area (Å²) in [6, 6.07) is 6.04. The highest BCUT2D eigenvalue weighted by Gasteiger charge is 2.19. The van der Waals surface area contributed by atoms with E-state index in [4.69, 9.17) is 23.2 Å². The number of imidazole rings is 1. The van der Waals surface area contributed by atoms with Gasteiger partial charge in [0.1, 0.15) is 5.82 Å². The number of hydrogen-bond donors (Lipinski definition) is 1. The molecule has 5 heteroatoms. The van der Waals surface area contributed by atoms with Crippen molar-refractivity contribution in [2.75, 3.05) is 13.1 Å². The molecule has 1 N–H and O–H groups in total. The molecule has 100 valence electrons. The van der Waals surface area contributed by atoms with Gasteiger partial charge in [-0.05, 0) is 44.1 Å². The van der Waals surface area contributed by atoms with Gasteiger partial charge in [-0.15, -0.1) is 0 Å². The Labute approximate surface area is 122 Å². The summed E-state index contributed by atoms with van der Waals surface area (Å²) in [5, 5.41) is 4.67. The number of hydrogen-bond acceptors (Lipinski definition) is 2. The van der Waals surface area contributed by atoms with E-state index in [-0.39, 0.29) is 0 Å². The first kappa shape index (κ1) is 13.0. The van der Waals surface area contributed by atoms with Crippen LogP contribution in [0.4, 0.5) is 0 Å². The molecule has 0 spiro atoms. The van der Waals surface area contributed by atoms with Crippen LogP contribution in [0.3, 0.4) is 0 Å². The van der Waals surface area contributed by atoms with Crippen molar-refractivity contribution in [3.8, 4) is 11.4 Å². The molecule has 1 aliphatic rings. The van der Waals surface area contributed by atoms with Crippen molar-refractivity contribution in [1.29, 1.82) is 0 Å². The molecule has 0 saturated carbocycles. The minimum Gasteiger partial charge on any atom is -0.328 e. The van der Waals surface area contributed by atoms with Gasteiger partial charge in [-0.3, -0.25) is 0 Å². The Morgan fingerprint density at radius 1 is 1.21 bits per heavy atom. The molecular weight excluding hydrogens is 281 g/mol. The third-order valence-electron chi connectivity index (χ3n) is 3.54. The predicted octanol–water partition coefficient (Wildman–Crippen LogP) is 3.78. The first-order chi connectivity index (χ1) is 9.25. The summed E-state index contributed by atoms with van der Waals surface area (Å²) < 4.78 is 2.23. The van der Waals surface area contributed by atoms with E-state index in [0.717, 1.165) is 37.3 Å². The molecular formula is C14H15Cl2N3. The molecule has 1 aromatic carbocycles. The number of piperidine rings is 1. The number of halogens is 2. The molecule has 0 unspecified atom stereocenters. The zero-order valence-corrected chi connectivity index (χ0v) is 12.0. The molecule has 1 saturated heterocycles. The molecule has 0 aliphatic carbocycles. The normalized spacial score (nSPS) is 16.7. The van der Waals surface area contributed by atoms with Crippen molar-refractivity contribution in [1.82, 2.24) is 14.9 Å². The summed E-state index contributed by atoms with van der Waals surface area (Å²) in [4.78, 5) is 4.47. The second-order valence-corrected chi connectivity index (χ2v) is 5.61. The van der Waals surface area contributed by atoms with E-state index in [9.17, 15) is 0 Å². The van der Waals surface area contributed by atoms with Crippen LogP contribution >= 0.6 is 23.2 Å². The van der Waals surface area contributed by atoms with Crippen molar-refractivity contribution in [2.45, 2.75) is 18.9 Å². The fourth-order valence-electron chi connectivity index (χ4n) is 2.57. The molecule has 3 rings (SSSR count). The molecule has 2 aromatic rings. The van der Waals surface area contributed by atoms with Gasteiger partial charge in [-0.25, -0.2) is 4.98 Å². The third kappa shape index (κ3) is 2.64. The summed E-state index contributed by atoms with van der Waals surface area (Å²) in [6.45, 7) is 2.10. The summed E-state index contributed by atoms with van der Waals surface area (Å²) in [5.74, 6) is 0.925. The first-order valence-corrected chi connectivity index (χ1v) is 7.20. The van der Waals surface area contributed by atoms with E-state index >= 15 is 0 Å². The van der Waals surface area contributed by atoms with Crippen LogP contribution in [-0.2, 0) is 0 Å². The van der Waals surface area contributed by atoms with Gasteiger partial charge >= 0.3 is 0 Å². The second-order valence-electron chi connectivity index (χ2n) is 4.76. The summed E-state index contributed by atoms with van der Waals surface area (Å²) in [5.41, 5.74) is 0.939. The Bertz CT molecular complexity index is 574. The molecule has 1 fully saturated rings. The maximum atomic E-state index is 6.28. The Balaban J connectivity index is 1.99. The van der Waals surface area contributed by atoms with Gasteiger partial charge in [0, 0.05) is 29.0 Å². The topological polar surface area (TPSA) is 29.9 Å². The average molecular weight is 296 g/mol. The number of aromatic nitrogens is 2. The Morgan fingerprint density at radius 2 is 2.00 bits per heavy atom. The highest BCUT2D eigenvalue weighted by molar-refractivity contribution is 6.36. The third-order valence-corrected chi connectivity index (χ3v) is 4.09. The zero-order chi connectivity index (χ0) is 13.2. The molecule has 0 atom stereocenters. The lowest BCUT2D eigenvalue weighted by molar-refractivity contribution is 0.370. The second kappa shape index (κ2) is 5.53. The van der Waals surface area contributed by atoms with Gasteiger partial charge in [-0.2, -0.15) is 0 Å². The van der Waals surface area contributed by atoms with Gasteiger partial charge in [0.2, 0.25) is 0 Å². The summed E-state index contributed by atoms with van der Waals surface area (Å²) >= 11 is 12.2. The largest absolute Gasteiger partial charge is 0.328 e. The van der Waals surface area contributed by atoms with Gasteiger partial charge in [-0.1, -0.05) is 23.2 Å². The number of rotatable bonds is 2. The van der Waals surface area contributed by atoms with Crippen LogP contribution in [0.1, 0.15) is 18.9 Å². The standard InChI is InChI=1S/C14H15Cl2N3/c15-10-1-2-12(13(16)9-10)14-18-7-8-19(14)11-3-5-17-6-4-11/h1-2,7-9,11,17H,3-6H2. The molecule has 1 aliphatic heterocycles. The molecule has 2 heterocycles. The molecule has 19 heavy (non-hydrogen) atoms. The minimum atomic E-state index is 0.491. The van der Waals surface area contributed by atoms with Crippen LogP contribution in [0, 0.1) is 0 Å². The molecule has 0 radical (unpaired) electrons. The van der Waals surface area contributed by atoms with Gasteiger partial charge in [0.05, 0.1) is 5.02 Å². The highest BCUT2D eigenvalue weighted by Crippen LogP contribution is 2.32. The van der Waals surface area contributed by atoms with E-state index < -0.39 is 0 Å². The quantitative estimate of drug-likeness (QED) is 0.914. The lowest BCUT2D eigenvalue weighted by atomic mass is 10.1. The van der Waals surface area contributed by atoms with Gasteiger partial charge in [0.25, 0.3) is 0 Å². The van der Waals surface area contributed by atoms with Crippen molar-refractivity contribution < 1.29 is 0 Å². The van der Waals surface area contributed by atoms with Gasteiger partial charge < -0.3 is 9.88 Å². The van der Waals surface area contributed by atoms with Gasteiger partial charge in [0.15, 0.2) is 0 Å². The van der Waals surface area contributed by atoms with E-state index in [0.29, 0.717) is 16.1 Å². The monoisotopic (exact) mass is 295 g/mol. The maximum Gasteiger partial charge on any atom is 0.141 e. The Kier molecular flexibility index (Phi) is 3.78. The van der Waals surface area contributed by atoms with Crippen LogP contribution in [0.5, 0.6) is 0 Å². The molecule has 0 amide bonds. The fraction of sp³-hybridized carbons (Fsp3) is 0.357. The zero-order valence-electron chi connectivity index (χ0n) is 10.4. The summed E-state index contributed by atoms with van der Waals surface area (Å²) in [6.07, 6.45) is 6.11. The van der Waals surface area contributed by atoms with Crippen molar-refractivity contribution in [3.63, 3.8) is 0 Å². The van der Waals surface area contributed by atoms with Crippen molar-refractivity contribution >= 4 is 23.2 Å². The number of nitrogens with one attached hydrogen (secondary N) is 1. The van der Waals surface area contributed by atoms with E-state index in [2.05, 4.69) is 14.9 Å². The van der Waals surface area contributed by atoms with Crippen LogP contribution < -0.4 is 5.32 Å². The minimum absolute atomic E-state index is 0.491. The fourth-order valence-corrected chi connectivity index (χ4v) is 3.06. The van der Waals surface area contributed by atoms with Crippen LogP contribution in [0.15, 0.2) is 30.6 Å². The summed E-state index contributed by atoms with van der Waals surface area (Å²) in [7, 11) is 0. The molecule has 1 aromatic heterocycles. The van der Waals surface area contributed by atoms with Crippen molar-refractivity contribution in [2.24, 2.45) is 0 Å². The van der Waals surface area contributed by atoms with Crippen molar-refractivity contribution in [3.05, 3.63) is 40.6 Å². The van der Waals surface area contributed by atoms with Crippen LogP contribution in [-0.4, -0.2) is 22.6 Å². The van der Waals surface area contributed by atoms with E-state index in [1.165, 1.54) is 0 Å². The SMILES string of the molecule is Clc1ccc(-c2nccn2C2CCNCC2)c(Cl)c1. The van der Waals surface area contributed by atoms with Crippen LogP contribution in [0.2, 0.25) is 10.0 Å².